The Kier molecular flexibility index (Phi) is 6.91. The minimum absolute atomic E-state index is 0.0380. The van der Waals surface area contributed by atoms with E-state index in [0.717, 1.165) is 11.8 Å². The van der Waals surface area contributed by atoms with Gasteiger partial charge in [0.25, 0.3) is 0 Å². The number of nitrogens with one attached hydrogen (secondary N) is 1. The van der Waals surface area contributed by atoms with E-state index in [1.54, 1.807) is 0 Å². The second-order valence-corrected chi connectivity index (χ2v) is 6.03. The monoisotopic (exact) mass is 356 g/mol. The predicted molar refractivity (Wildman–Crippen MR) is 83.0 cm³/mol. The molecule has 1 atom stereocenters. The van der Waals surface area contributed by atoms with E-state index in [4.69, 9.17) is 45.6 Å². The lowest BCUT2D eigenvalue weighted by atomic mass is 10.3. The van der Waals surface area contributed by atoms with Crippen molar-refractivity contribution in [3.8, 4) is 0 Å². The number of thioether (sulfide) groups is 1. The van der Waals surface area contributed by atoms with Crippen LogP contribution in [0, 0.1) is 0 Å². The highest BCUT2D eigenvalue weighted by Gasteiger charge is 2.14. The molecule has 1 rings (SSSR count). The van der Waals surface area contributed by atoms with Crippen LogP contribution in [-0.4, -0.2) is 34.5 Å². The van der Waals surface area contributed by atoms with Gasteiger partial charge in [-0.3, -0.25) is 9.59 Å². The van der Waals surface area contributed by atoms with Crippen LogP contribution in [0.3, 0.4) is 0 Å². The van der Waals surface area contributed by atoms with E-state index in [0.29, 0.717) is 5.02 Å². The number of carboxylic acids is 1. The SMILES string of the molecule is N[C@@H](CSCC(=O)Nc1c(Cl)cc(Cl)cc1Cl)C(=O)O. The van der Waals surface area contributed by atoms with E-state index in [1.807, 2.05) is 0 Å². The molecule has 110 valence electrons. The largest absolute Gasteiger partial charge is 0.480 e. The number of anilines is 1. The lowest BCUT2D eigenvalue weighted by Gasteiger charge is -2.10. The number of carboxylic acid groups (broad SMARTS) is 1. The second-order valence-electron chi connectivity index (χ2n) is 3.75. The van der Waals surface area contributed by atoms with Crippen LogP contribution in [0.4, 0.5) is 5.69 Å². The fraction of sp³-hybridized carbons (Fsp3) is 0.273. The lowest BCUT2D eigenvalue weighted by Crippen LogP contribution is -2.33. The summed E-state index contributed by atoms with van der Waals surface area (Å²) in [6.45, 7) is 0. The molecule has 0 aliphatic heterocycles. The average molecular weight is 358 g/mol. The van der Waals surface area contributed by atoms with Crippen LogP contribution in [0.5, 0.6) is 0 Å². The Morgan fingerprint density at radius 2 is 1.85 bits per heavy atom. The van der Waals surface area contributed by atoms with E-state index in [-0.39, 0.29) is 33.1 Å². The minimum atomic E-state index is -1.11. The van der Waals surface area contributed by atoms with Crippen molar-refractivity contribution in [2.45, 2.75) is 6.04 Å². The third-order valence-corrected chi connectivity index (χ3v) is 3.99. The van der Waals surface area contributed by atoms with E-state index >= 15 is 0 Å². The molecule has 9 heteroatoms. The number of hydrogen-bond donors (Lipinski definition) is 3. The Hall–Kier alpha value is -0.660. The molecular formula is C11H11Cl3N2O3S. The number of benzene rings is 1. The Labute approximate surface area is 134 Å². The van der Waals surface area contributed by atoms with Crippen LogP contribution in [0.2, 0.25) is 15.1 Å². The lowest BCUT2D eigenvalue weighted by molar-refractivity contribution is -0.137. The third kappa shape index (κ3) is 5.38. The summed E-state index contributed by atoms with van der Waals surface area (Å²) in [5, 5.41) is 11.9. The molecule has 5 nitrogen and oxygen atoms in total. The number of rotatable bonds is 6. The molecule has 0 aromatic heterocycles. The van der Waals surface area contributed by atoms with Crippen LogP contribution in [-0.2, 0) is 9.59 Å². The molecule has 1 aromatic carbocycles. The van der Waals surface area contributed by atoms with Crippen molar-refractivity contribution in [3.05, 3.63) is 27.2 Å². The quantitative estimate of drug-likeness (QED) is 0.728. The van der Waals surface area contributed by atoms with Crippen LogP contribution in [0.25, 0.3) is 0 Å². The highest BCUT2D eigenvalue weighted by atomic mass is 35.5. The van der Waals surface area contributed by atoms with Crippen molar-refractivity contribution in [1.29, 1.82) is 0 Å². The summed E-state index contributed by atoms with van der Waals surface area (Å²) in [4.78, 5) is 22.2. The smallest absolute Gasteiger partial charge is 0.321 e. The summed E-state index contributed by atoms with van der Waals surface area (Å²) in [6.07, 6.45) is 0. The highest BCUT2D eigenvalue weighted by Crippen LogP contribution is 2.33. The Balaban J connectivity index is 2.53. The maximum atomic E-state index is 11.7. The third-order valence-electron chi connectivity index (χ3n) is 2.12. The van der Waals surface area contributed by atoms with Gasteiger partial charge in [-0.15, -0.1) is 11.8 Å². The summed E-state index contributed by atoms with van der Waals surface area (Å²) in [6, 6.07) is 1.91. The predicted octanol–water partition coefficient (Wildman–Crippen LogP) is 2.73. The van der Waals surface area contributed by atoms with Gasteiger partial charge in [0, 0.05) is 10.8 Å². The molecule has 0 saturated heterocycles. The maximum absolute atomic E-state index is 11.7. The van der Waals surface area contributed by atoms with Crippen molar-refractivity contribution in [1.82, 2.24) is 0 Å². The summed E-state index contributed by atoms with van der Waals surface area (Å²) < 4.78 is 0. The van der Waals surface area contributed by atoms with Crippen LogP contribution in [0.15, 0.2) is 12.1 Å². The first kappa shape index (κ1) is 17.4. The maximum Gasteiger partial charge on any atom is 0.321 e. The molecule has 0 unspecified atom stereocenters. The molecule has 1 aromatic rings. The van der Waals surface area contributed by atoms with E-state index in [2.05, 4.69) is 5.32 Å². The molecule has 0 aliphatic rings. The van der Waals surface area contributed by atoms with Gasteiger partial charge in [-0.2, -0.15) is 0 Å². The van der Waals surface area contributed by atoms with Crippen molar-refractivity contribution in [2.75, 3.05) is 16.8 Å². The summed E-state index contributed by atoms with van der Waals surface area (Å²) in [5.41, 5.74) is 5.58. The van der Waals surface area contributed by atoms with Gasteiger partial charge < -0.3 is 16.2 Å². The van der Waals surface area contributed by atoms with Gasteiger partial charge >= 0.3 is 5.97 Å². The van der Waals surface area contributed by atoms with Gasteiger partial charge in [0.1, 0.15) is 6.04 Å². The first-order chi connectivity index (χ1) is 9.31. The van der Waals surface area contributed by atoms with Gasteiger partial charge in [0.05, 0.1) is 21.5 Å². The Bertz CT molecular complexity index is 505. The number of nitrogens with two attached hydrogens (primary N) is 1. The Morgan fingerprint density at radius 1 is 1.30 bits per heavy atom. The molecule has 0 saturated carbocycles. The van der Waals surface area contributed by atoms with Gasteiger partial charge in [0.2, 0.25) is 5.91 Å². The van der Waals surface area contributed by atoms with Crippen molar-refractivity contribution in [2.24, 2.45) is 5.73 Å². The molecule has 20 heavy (non-hydrogen) atoms. The van der Waals surface area contributed by atoms with Crippen molar-refractivity contribution < 1.29 is 14.7 Å². The Morgan fingerprint density at radius 3 is 2.35 bits per heavy atom. The number of hydrogen-bond acceptors (Lipinski definition) is 4. The summed E-state index contributed by atoms with van der Waals surface area (Å²) >= 11 is 18.7. The summed E-state index contributed by atoms with van der Waals surface area (Å²) in [7, 11) is 0. The fourth-order valence-electron chi connectivity index (χ4n) is 1.19. The molecule has 0 spiro atoms. The number of carbonyl (C=O) groups excluding carboxylic acids is 1. The molecule has 0 bridgehead atoms. The van der Waals surface area contributed by atoms with Gasteiger partial charge in [0.15, 0.2) is 0 Å². The minimum Gasteiger partial charge on any atom is -0.480 e. The van der Waals surface area contributed by atoms with E-state index in [9.17, 15) is 9.59 Å². The van der Waals surface area contributed by atoms with Gasteiger partial charge in [-0.05, 0) is 12.1 Å². The van der Waals surface area contributed by atoms with Gasteiger partial charge in [-0.25, -0.2) is 0 Å². The molecule has 0 fully saturated rings. The molecule has 1 amide bonds. The highest BCUT2D eigenvalue weighted by molar-refractivity contribution is 8.00. The molecule has 0 radical (unpaired) electrons. The van der Waals surface area contributed by atoms with Crippen LogP contribution < -0.4 is 11.1 Å². The first-order valence-corrected chi connectivity index (χ1v) is 7.60. The number of carbonyl (C=O) groups is 2. The van der Waals surface area contributed by atoms with E-state index < -0.39 is 12.0 Å². The normalized spacial score (nSPS) is 12.0. The van der Waals surface area contributed by atoms with Crippen LogP contribution in [0.1, 0.15) is 0 Å². The fourth-order valence-corrected chi connectivity index (χ4v) is 2.87. The molecule has 0 aliphatic carbocycles. The first-order valence-electron chi connectivity index (χ1n) is 5.31. The molecule has 4 N–H and O–H groups in total. The standard InChI is InChI=1S/C11H11Cl3N2O3S/c12-5-1-6(13)10(7(14)2-5)16-9(17)4-20-3-8(15)11(18)19/h1-2,8H,3-4,15H2,(H,16,17)(H,18,19)/t8-/m0/s1. The van der Waals surface area contributed by atoms with Crippen LogP contribution >= 0.6 is 46.6 Å². The van der Waals surface area contributed by atoms with E-state index in [1.165, 1.54) is 12.1 Å². The molecular weight excluding hydrogens is 347 g/mol. The number of amides is 1. The van der Waals surface area contributed by atoms with Gasteiger partial charge in [-0.1, -0.05) is 34.8 Å². The zero-order valence-electron chi connectivity index (χ0n) is 10.0. The second kappa shape index (κ2) is 7.95. The topological polar surface area (TPSA) is 92.4 Å². The van der Waals surface area contributed by atoms with Crippen molar-refractivity contribution >= 4 is 64.1 Å². The number of halogens is 3. The summed E-state index contributed by atoms with van der Waals surface area (Å²) in [5.74, 6) is -1.30. The average Bonchev–Trinajstić information content (AvgIpc) is 2.33. The van der Waals surface area contributed by atoms with Crippen molar-refractivity contribution in [3.63, 3.8) is 0 Å². The zero-order chi connectivity index (χ0) is 15.3. The number of aliphatic carboxylic acids is 1. The molecule has 0 heterocycles. The zero-order valence-corrected chi connectivity index (χ0v) is 13.1.